The van der Waals surface area contributed by atoms with Gasteiger partial charge in [-0.15, -0.1) is 0 Å². The number of benzene rings is 1. The lowest BCUT2D eigenvalue weighted by Gasteiger charge is -2.34. The Morgan fingerprint density at radius 3 is 2.58 bits per heavy atom. The zero-order chi connectivity index (χ0) is 13.6. The minimum Gasteiger partial charge on any atom is -0.493 e. The van der Waals surface area contributed by atoms with Crippen molar-refractivity contribution in [2.75, 3.05) is 20.8 Å². The predicted octanol–water partition coefficient (Wildman–Crippen LogP) is 2.17. The molecule has 1 aromatic rings. The summed E-state index contributed by atoms with van der Waals surface area (Å²) in [6.07, 6.45) is 1.54. The molecule has 3 rings (SSSR count). The zero-order valence-corrected chi connectivity index (χ0v) is 11.6. The second kappa shape index (κ2) is 4.44. The van der Waals surface area contributed by atoms with Gasteiger partial charge in [-0.05, 0) is 35.6 Å². The van der Waals surface area contributed by atoms with Crippen molar-refractivity contribution in [3.05, 3.63) is 23.3 Å². The van der Waals surface area contributed by atoms with Gasteiger partial charge in [-0.2, -0.15) is 0 Å². The summed E-state index contributed by atoms with van der Waals surface area (Å²) in [4.78, 5) is 14.0. The summed E-state index contributed by atoms with van der Waals surface area (Å²) in [6.45, 7) is 2.96. The third kappa shape index (κ3) is 1.78. The number of carbonyl (C=O) groups is 1. The average molecular weight is 261 g/mol. The lowest BCUT2D eigenvalue weighted by atomic mass is 9.87. The molecule has 19 heavy (non-hydrogen) atoms. The van der Waals surface area contributed by atoms with Gasteiger partial charge in [-0.3, -0.25) is 4.79 Å². The molecule has 1 aromatic carbocycles. The van der Waals surface area contributed by atoms with Crippen molar-refractivity contribution in [2.45, 2.75) is 25.8 Å². The number of amides is 1. The molecule has 1 amide bonds. The molecule has 0 spiro atoms. The van der Waals surface area contributed by atoms with Crippen molar-refractivity contribution in [3.63, 3.8) is 0 Å². The first-order valence-electron chi connectivity index (χ1n) is 6.70. The largest absolute Gasteiger partial charge is 0.493 e. The number of ether oxygens (including phenoxy) is 2. The van der Waals surface area contributed by atoms with Crippen molar-refractivity contribution in [1.29, 1.82) is 0 Å². The van der Waals surface area contributed by atoms with Gasteiger partial charge in [-0.1, -0.05) is 6.92 Å². The van der Waals surface area contributed by atoms with Crippen LogP contribution in [0.2, 0.25) is 0 Å². The minimum absolute atomic E-state index is 0.205. The highest BCUT2D eigenvalue weighted by Crippen LogP contribution is 2.45. The van der Waals surface area contributed by atoms with Crippen molar-refractivity contribution >= 4 is 5.91 Å². The van der Waals surface area contributed by atoms with Crippen LogP contribution in [-0.2, 0) is 11.2 Å². The summed E-state index contributed by atoms with van der Waals surface area (Å²) in [5.41, 5.74) is 2.50. The molecule has 0 N–H and O–H groups in total. The molecule has 4 heteroatoms. The van der Waals surface area contributed by atoms with E-state index in [4.69, 9.17) is 9.47 Å². The fraction of sp³-hybridized carbons (Fsp3) is 0.533. The number of methoxy groups -OCH3 is 2. The quantitative estimate of drug-likeness (QED) is 0.819. The van der Waals surface area contributed by atoms with E-state index in [0.717, 1.165) is 24.5 Å². The maximum atomic E-state index is 12.0. The van der Waals surface area contributed by atoms with Crippen LogP contribution in [0.15, 0.2) is 12.1 Å². The van der Waals surface area contributed by atoms with Crippen LogP contribution in [0.3, 0.4) is 0 Å². The molecule has 1 fully saturated rings. The number of hydrogen-bond donors (Lipinski definition) is 0. The summed E-state index contributed by atoms with van der Waals surface area (Å²) >= 11 is 0. The SMILES string of the molecule is COc1cc2c(cc1OC)[C@@H]1[C@H](C)CC(=O)N1CC2. The third-order valence-electron chi connectivity index (χ3n) is 4.28. The van der Waals surface area contributed by atoms with Gasteiger partial charge in [-0.25, -0.2) is 0 Å². The van der Waals surface area contributed by atoms with Crippen molar-refractivity contribution in [3.8, 4) is 11.5 Å². The Morgan fingerprint density at radius 2 is 1.89 bits per heavy atom. The van der Waals surface area contributed by atoms with Gasteiger partial charge in [0, 0.05) is 13.0 Å². The van der Waals surface area contributed by atoms with E-state index in [9.17, 15) is 4.79 Å². The van der Waals surface area contributed by atoms with Gasteiger partial charge in [0.15, 0.2) is 11.5 Å². The van der Waals surface area contributed by atoms with Gasteiger partial charge in [0.2, 0.25) is 5.91 Å². The minimum atomic E-state index is 0.205. The molecule has 4 nitrogen and oxygen atoms in total. The monoisotopic (exact) mass is 261 g/mol. The Balaban J connectivity index is 2.09. The summed E-state index contributed by atoms with van der Waals surface area (Å²) < 4.78 is 10.7. The van der Waals surface area contributed by atoms with E-state index >= 15 is 0 Å². The molecule has 2 aliphatic rings. The van der Waals surface area contributed by atoms with Gasteiger partial charge < -0.3 is 14.4 Å². The second-order valence-corrected chi connectivity index (χ2v) is 5.37. The molecule has 0 unspecified atom stereocenters. The first-order chi connectivity index (χ1) is 9.15. The van der Waals surface area contributed by atoms with E-state index in [2.05, 4.69) is 13.0 Å². The van der Waals surface area contributed by atoms with Crippen molar-refractivity contribution < 1.29 is 14.3 Å². The van der Waals surface area contributed by atoms with Crippen LogP contribution in [0.25, 0.3) is 0 Å². The molecule has 0 radical (unpaired) electrons. The highest BCUT2D eigenvalue weighted by atomic mass is 16.5. The van der Waals surface area contributed by atoms with Crippen molar-refractivity contribution in [2.24, 2.45) is 5.92 Å². The van der Waals surface area contributed by atoms with Crippen molar-refractivity contribution in [1.82, 2.24) is 4.90 Å². The van der Waals surface area contributed by atoms with Crippen LogP contribution in [0.1, 0.15) is 30.5 Å². The topological polar surface area (TPSA) is 38.8 Å². The zero-order valence-electron chi connectivity index (χ0n) is 11.6. The summed E-state index contributed by atoms with van der Waals surface area (Å²) in [7, 11) is 3.30. The molecule has 0 saturated carbocycles. The molecule has 0 bridgehead atoms. The Bertz CT molecular complexity index is 526. The fourth-order valence-electron chi connectivity index (χ4n) is 3.37. The number of rotatable bonds is 2. The van der Waals surface area contributed by atoms with Gasteiger partial charge in [0.05, 0.1) is 20.3 Å². The maximum Gasteiger partial charge on any atom is 0.223 e. The number of nitrogens with zero attached hydrogens (tertiary/aromatic N) is 1. The molecule has 1 saturated heterocycles. The first-order valence-corrected chi connectivity index (χ1v) is 6.70. The molecule has 102 valence electrons. The van der Waals surface area contributed by atoms with Crippen LogP contribution in [0.5, 0.6) is 11.5 Å². The summed E-state index contributed by atoms with van der Waals surface area (Å²) in [6, 6.07) is 4.30. The molecule has 2 aliphatic heterocycles. The smallest absolute Gasteiger partial charge is 0.223 e. The van der Waals surface area contributed by atoms with E-state index in [-0.39, 0.29) is 11.9 Å². The van der Waals surface area contributed by atoms with Crippen LogP contribution in [0.4, 0.5) is 0 Å². The van der Waals surface area contributed by atoms with E-state index in [1.807, 2.05) is 11.0 Å². The van der Waals surface area contributed by atoms with E-state index < -0.39 is 0 Å². The van der Waals surface area contributed by atoms with Gasteiger partial charge in [0.1, 0.15) is 0 Å². The van der Waals surface area contributed by atoms with Crippen LogP contribution >= 0.6 is 0 Å². The normalized spacial score (nSPS) is 25.0. The highest BCUT2D eigenvalue weighted by molar-refractivity contribution is 5.80. The Kier molecular flexibility index (Phi) is 2.88. The van der Waals surface area contributed by atoms with Gasteiger partial charge >= 0.3 is 0 Å². The highest BCUT2D eigenvalue weighted by Gasteiger charge is 2.41. The molecular weight excluding hydrogens is 242 g/mol. The summed E-state index contributed by atoms with van der Waals surface area (Å²) in [5, 5.41) is 0. The third-order valence-corrected chi connectivity index (χ3v) is 4.28. The molecule has 0 aliphatic carbocycles. The molecule has 0 aromatic heterocycles. The van der Waals surface area contributed by atoms with Gasteiger partial charge in [0.25, 0.3) is 0 Å². The Hall–Kier alpha value is -1.71. The number of carbonyl (C=O) groups excluding carboxylic acids is 1. The predicted molar refractivity (Wildman–Crippen MR) is 71.5 cm³/mol. The van der Waals surface area contributed by atoms with Crippen LogP contribution in [-0.4, -0.2) is 31.6 Å². The lowest BCUT2D eigenvalue weighted by Crippen LogP contribution is -2.35. The Morgan fingerprint density at radius 1 is 1.21 bits per heavy atom. The lowest BCUT2D eigenvalue weighted by molar-refractivity contribution is -0.129. The Labute approximate surface area is 113 Å². The van der Waals surface area contributed by atoms with E-state index in [1.54, 1.807) is 14.2 Å². The maximum absolute atomic E-state index is 12.0. The number of fused-ring (bicyclic) bond motifs is 3. The first kappa shape index (κ1) is 12.3. The number of hydrogen-bond acceptors (Lipinski definition) is 3. The average Bonchev–Trinajstić information content (AvgIpc) is 2.72. The molecule has 2 atom stereocenters. The van der Waals surface area contributed by atoms with E-state index in [1.165, 1.54) is 11.1 Å². The molecular formula is C15H19NO3. The van der Waals surface area contributed by atoms with Crippen LogP contribution < -0.4 is 9.47 Å². The standard InChI is InChI=1S/C15H19NO3/c1-9-6-14(17)16-5-4-10-7-12(18-2)13(19-3)8-11(10)15(9)16/h7-9,15H,4-6H2,1-3H3/t9-,15+/m1/s1. The van der Waals surface area contributed by atoms with Crippen LogP contribution in [0, 0.1) is 5.92 Å². The van der Waals surface area contributed by atoms with E-state index in [0.29, 0.717) is 12.3 Å². The second-order valence-electron chi connectivity index (χ2n) is 5.37. The summed E-state index contributed by atoms with van der Waals surface area (Å²) in [5.74, 6) is 2.16. The fourth-order valence-corrected chi connectivity index (χ4v) is 3.37. The molecule has 2 heterocycles.